The van der Waals surface area contributed by atoms with Gasteiger partial charge in [-0.05, 0) is 42.0 Å². The zero-order valence-corrected chi connectivity index (χ0v) is 14.6. The first-order chi connectivity index (χ1) is 11.7. The van der Waals surface area contributed by atoms with Crippen molar-refractivity contribution in [3.05, 3.63) is 95.0 Å². The molecule has 0 spiro atoms. The van der Waals surface area contributed by atoms with Gasteiger partial charge in [-0.1, -0.05) is 64.5 Å². The number of amides is 1. The topological polar surface area (TPSA) is 32.3 Å². The summed E-state index contributed by atoms with van der Waals surface area (Å²) >= 11 is 3.40. The highest BCUT2D eigenvalue weighted by molar-refractivity contribution is 9.10. The number of para-hydroxylation sites is 2. The van der Waals surface area contributed by atoms with Gasteiger partial charge in [0.15, 0.2) is 0 Å². The van der Waals surface area contributed by atoms with Crippen molar-refractivity contribution in [3.63, 3.8) is 0 Å². The molecule has 3 aromatic carbocycles. The molecule has 0 saturated carbocycles. The Morgan fingerprint density at radius 2 is 1.29 bits per heavy atom. The van der Waals surface area contributed by atoms with Gasteiger partial charge in [-0.25, -0.2) is 0 Å². The van der Waals surface area contributed by atoms with E-state index in [1.165, 1.54) is 0 Å². The molecule has 4 heteroatoms. The van der Waals surface area contributed by atoms with Crippen molar-refractivity contribution < 1.29 is 4.79 Å². The zero-order valence-electron chi connectivity index (χ0n) is 13.0. The lowest BCUT2D eigenvalue weighted by Gasteiger charge is -2.25. The van der Waals surface area contributed by atoms with Crippen molar-refractivity contribution in [2.45, 2.75) is 6.42 Å². The molecule has 1 N–H and O–H groups in total. The van der Waals surface area contributed by atoms with Gasteiger partial charge in [0.2, 0.25) is 5.91 Å². The van der Waals surface area contributed by atoms with Gasteiger partial charge in [0.25, 0.3) is 0 Å². The van der Waals surface area contributed by atoms with Gasteiger partial charge in [-0.2, -0.15) is 0 Å². The maximum absolute atomic E-state index is 12.5. The zero-order chi connectivity index (χ0) is 16.8. The Balaban J connectivity index is 1.79. The molecule has 0 aromatic heterocycles. The molecule has 3 rings (SSSR count). The van der Waals surface area contributed by atoms with Crippen LogP contribution in [0, 0.1) is 0 Å². The maximum atomic E-state index is 12.5. The molecule has 3 aromatic rings. The van der Waals surface area contributed by atoms with Gasteiger partial charge in [0.1, 0.15) is 0 Å². The first-order valence-electron chi connectivity index (χ1n) is 7.66. The molecule has 0 fully saturated rings. The summed E-state index contributed by atoms with van der Waals surface area (Å²) in [6.45, 7) is 0. The van der Waals surface area contributed by atoms with Crippen LogP contribution in [-0.2, 0) is 11.2 Å². The van der Waals surface area contributed by atoms with Crippen LogP contribution >= 0.6 is 15.9 Å². The highest BCUT2D eigenvalue weighted by Crippen LogP contribution is 2.22. The van der Waals surface area contributed by atoms with Gasteiger partial charge < -0.3 is 0 Å². The fourth-order valence-corrected chi connectivity index (χ4v) is 2.65. The largest absolute Gasteiger partial charge is 0.273 e. The van der Waals surface area contributed by atoms with Crippen molar-refractivity contribution >= 4 is 33.2 Å². The summed E-state index contributed by atoms with van der Waals surface area (Å²) in [7, 11) is 0. The molecule has 0 radical (unpaired) electrons. The summed E-state index contributed by atoms with van der Waals surface area (Å²) in [6.07, 6.45) is 0.323. The van der Waals surface area contributed by atoms with E-state index in [0.29, 0.717) is 6.42 Å². The number of hydrogen-bond acceptors (Lipinski definition) is 2. The number of nitrogens with one attached hydrogen (secondary N) is 1. The fourth-order valence-electron chi connectivity index (χ4n) is 2.38. The summed E-state index contributed by atoms with van der Waals surface area (Å²) in [4.78, 5) is 12.5. The average Bonchev–Trinajstić information content (AvgIpc) is 2.63. The van der Waals surface area contributed by atoms with E-state index in [1.807, 2.05) is 84.9 Å². The Morgan fingerprint density at radius 1 is 0.792 bits per heavy atom. The molecule has 0 heterocycles. The third kappa shape index (κ3) is 4.24. The molecule has 3 nitrogen and oxygen atoms in total. The molecule has 0 unspecified atom stereocenters. The van der Waals surface area contributed by atoms with Crippen LogP contribution in [0.1, 0.15) is 5.56 Å². The Morgan fingerprint density at radius 3 is 1.79 bits per heavy atom. The lowest BCUT2D eigenvalue weighted by Crippen LogP contribution is -2.39. The minimum Gasteiger partial charge on any atom is -0.273 e. The van der Waals surface area contributed by atoms with Crippen LogP contribution in [0.2, 0.25) is 0 Å². The Hall–Kier alpha value is -2.59. The molecule has 0 atom stereocenters. The molecular formula is C20H17BrN2O. The Bertz CT molecular complexity index is 749. The predicted molar refractivity (Wildman–Crippen MR) is 101 cm³/mol. The Labute approximate surface area is 150 Å². The van der Waals surface area contributed by atoms with Crippen LogP contribution in [0.3, 0.4) is 0 Å². The average molecular weight is 381 g/mol. The smallest absolute Gasteiger partial charge is 0.243 e. The number of carbonyl (C=O) groups excluding carboxylic acids is 1. The van der Waals surface area contributed by atoms with E-state index in [9.17, 15) is 4.79 Å². The Kier molecular flexibility index (Phi) is 5.29. The van der Waals surface area contributed by atoms with Crippen molar-refractivity contribution in [1.29, 1.82) is 0 Å². The molecular weight excluding hydrogens is 364 g/mol. The first-order valence-corrected chi connectivity index (χ1v) is 8.46. The molecule has 120 valence electrons. The second kappa shape index (κ2) is 7.79. The summed E-state index contributed by atoms with van der Waals surface area (Å²) in [6, 6.07) is 27.3. The van der Waals surface area contributed by atoms with Crippen molar-refractivity contribution in [2.24, 2.45) is 0 Å². The van der Waals surface area contributed by atoms with Gasteiger partial charge in [-0.15, -0.1) is 0 Å². The second-order valence-electron chi connectivity index (χ2n) is 5.34. The molecule has 0 aliphatic carbocycles. The van der Waals surface area contributed by atoms with E-state index >= 15 is 0 Å². The van der Waals surface area contributed by atoms with Crippen LogP contribution in [-0.4, -0.2) is 5.91 Å². The van der Waals surface area contributed by atoms with Gasteiger partial charge in [0, 0.05) is 4.47 Å². The number of carbonyl (C=O) groups is 1. The van der Waals surface area contributed by atoms with Crippen LogP contribution < -0.4 is 10.4 Å². The quantitative estimate of drug-likeness (QED) is 0.640. The number of hydrazine groups is 1. The van der Waals surface area contributed by atoms with Gasteiger partial charge in [0.05, 0.1) is 17.8 Å². The van der Waals surface area contributed by atoms with E-state index in [0.717, 1.165) is 21.4 Å². The number of nitrogens with zero attached hydrogens (tertiary/aromatic N) is 1. The van der Waals surface area contributed by atoms with E-state index in [-0.39, 0.29) is 5.91 Å². The monoisotopic (exact) mass is 380 g/mol. The standard InChI is InChI=1S/C20H17BrN2O/c21-17-13-11-16(12-14-17)15-20(24)22-23(18-7-3-1-4-8-18)19-9-5-2-6-10-19/h1-14H,15H2,(H,22,24). The van der Waals surface area contributed by atoms with Crippen molar-refractivity contribution in [2.75, 3.05) is 5.01 Å². The van der Waals surface area contributed by atoms with Crippen LogP contribution in [0.15, 0.2) is 89.4 Å². The van der Waals surface area contributed by atoms with Gasteiger partial charge >= 0.3 is 0 Å². The van der Waals surface area contributed by atoms with Crippen LogP contribution in [0.25, 0.3) is 0 Å². The molecule has 0 aliphatic heterocycles. The van der Waals surface area contributed by atoms with E-state index in [4.69, 9.17) is 0 Å². The van der Waals surface area contributed by atoms with Crippen LogP contribution in [0.5, 0.6) is 0 Å². The first kappa shape index (κ1) is 16.3. The van der Waals surface area contributed by atoms with E-state index < -0.39 is 0 Å². The van der Waals surface area contributed by atoms with Crippen molar-refractivity contribution in [3.8, 4) is 0 Å². The number of halogens is 1. The highest BCUT2D eigenvalue weighted by atomic mass is 79.9. The summed E-state index contributed by atoms with van der Waals surface area (Å²) < 4.78 is 1.00. The third-order valence-electron chi connectivity index (χ3n) is 3.54. The van der Waals surface area contributed by atoms with E-state index in [1.54, 1.807) is 5.01 Å². The van der Waals surface area contributed by atoms with Crippen LogP contribution in [0.4, 0.5) is 11.4 Å². The lowest BCUT2D eigenvalue weighted by atomic mass is 10.1. The number of benzene rings is 3. The lowest BCUT2D eigenvalue weighted by molar-refractivity contribution is -0.120. The predicted octanol–water partition coefficient (Wildman–Crippen LogP) is 4.86. The summed E-state index contributed by atoms with van der Waals surface area (Å²) in [5, 5.41) is 1.81. The summed E-state index contributed by atoms with van der Waals surface area (Å²) in [5.74, 6) is -0.0648. The normalized spacial score (nSPS) is 10.2. The number of rotatable bonds is 5. The molecule has 0 saturated heterocycles. The van der Waals surface area contributed by atoms with E-state index in [2.05, 4.69) is 21.4 Å². The number of anilines is 2. The SMILES string of the molecule is O=C(Cc1ccc(Br)cc1)NN(c1ccccc1)c1ccccc1. The second-order valence-corrected chi connectivity index (χ2v) is 6.26. The van der Waals surface area contributed by atoms with Crippen molar-refractivity contribution in [1.82, 2.24) is 5.43 Å². The molecule has 0 bridgehead atoms. The minimum atomic E-state index is -0.0648. The highest BCUT2D eigenvalue weighted by Gasteiger charge is 2.12. The maximum Gasteiger partial charge on any atom is 0.243 e. The number of hydrogen-bond donors (Lipinski definition) is 1. The molecule has 0 aliphatic rings. The fraction of sp³-hybridized carbons (Fsp3) is 0.0500. The minimum absolute atomic E-state index is 0.0648. The molecule has 1 amide bonds. The molecule has 24 heavy (non-hydrogen) atoms. The third-order valence-corrected chi connectivity index (χ3v) is 4.07. The summed E-state index contributed by atoms with van der Waals surface area (Å²) in [5.41, 5.74) is 5.78. The van der Waals surface area contributed by atoms with Gasteiger partial charge in [-0.3, -0.25) is 15.2 Å².